The summed E-state index contributed by atoms with van der Waals surface area (Å²) >= 11 is 5.71. The minimum Gasteiger partial charge on any atom is -0.312 e. The van der Waals surface area contributed by atoms with Crippen molar-refractivity contribution in [3.05, 3.63) is 30.3 Å². The molecule has 2 aromatic rings. The Morgan fingerprint density at radius 3 is 2.80 bits per heavy atom. The van der Waals surface area contributed by atoms with Gasteiger partial charge in [0.1, 0.15) is 19.2 Å². The van der Waals surface area contributed by atoms with E-state index in [9.17, 15) is 4.79 Å². The SMILES string of the molecule is O=C(Cn1ccnc1Cl)Nn1cnnc1. The first-order chi connectivity index (χ1) is 7.25. The molecular weight excluding hydrogens is 220 g/mol. The summed E-state index contributed by atoms with van der Waals surface area (Å²) in [6.07, 6.45) is 5.91. The van der Waals surface area contributed by atoms with Crippen molar-refractivity contribution < 1.29 is 4.79 Å². The molecule has 0 fully saturated rings. The quantitative estimate of drug-likeness (QED) is 0.793. The molecule has 0 aliphatic heterocycles. The topological polar surface area (TPSA) is 77.6 Å². The molecule has 0 saturated carbocycles. The van der Waals surface area contributed by atoms with Crippen LogP contribution in [0.5, 0.6) is 0 Å². The fourth-order valence-electron chi connectivity index (χ4n) is 1.02. The zero-order valence-corrected chi connectivity index (χ0v) is 8.29. The zero-order valence-electron chi connectivity index (χ0n) is 7.54. The lowest BCUT2D eigenvalue weighted by atomic mass is 10.6. The van der Waals surface area contributed by atoms with Crippen molar-refractivity contribution in [1.29, 1.82) is 0 Å². The van der Waals surface area contributed by atoms with Crippen molar-refractivity contribution in [2.75, 3.05) is 5.43 Å². The molecule has 0 aliphatic carbocycles. The van der Waals surface area contributed by atoms with Crippen LogP contribution in [-0.4, -0.2) is 30.3 Å². The number of nitrogens with zero attached hydrogens (tertiary/aromatic N) is 5. The van der Waals surface area contributed by atoms with Crippen LogP contribution in [0, 0.1) is 0 Å². The first-order valence-corrected chi connectivity index (χ1v) is 4.44. The second-order valence-corrected chi connectivity index (χ2v) is 3.07. The molecule has 0 saturated heterocycles. The van der Waals surface area contributed by atoms with Gasteiger partial charge in [0.2, 0.25) is 5.28 Å². The van der Waals surface area contributed by atoms with E-state index in [2.05, 4.69) is 20.6 Å². The highest BCUT2D eigenvalue weighted by molar-refractivity contribution is 6.28. The normalized spacial score (nSPS) is 10.2. The maximum Gasteiger partial charge on any atom is 0.258 e. The van der Waals surface area contributed by atoms with E-state index in [0.29, 0.717) is 0 Å². The summed E-state index contributed by atoms with van der Waals surface area (Å²) in [5.74, 6) is -0.241. The molecule has 2 aromatic heterocycles. The van der Waals surface area contributed by atoms with Gasteiger partial charge in [-0.05, 0) is 11.6 Å². The molecule has 8 heteroatoms. The van der Waals surface area contributed by atoms with E-state index in [0.717, 1.165) is 0 Å². The molecule has 0 aromatic carbocycles. The first kappa shape index (κ1) is 9.66. The molecule has 0 spiro atoms. The lowest BCUT2D eigenvalue weighted by Gasteiger charge is -2.05. The minimum absolute atomic E-state index is 0.0943. The van der Waals surface area contributed by atoms with Gasteiger partial charge in [-0.15, -0.1) is 10.2 Å². The number of halogens is 1. The van der Waals surface area contributed by atoms with E-state index >= 15 is 0 Å². The van der Waals surface area contributed by atoms with Crippen molar-refractivity contribution >= 4 is 17.5 Å². The second-order valence-electron chi connectivity index (χ2n) is 2.73. The molecule has 0 unspecified atom stereocenters. The number of nitrogens with one attached hydrogen (secondary N) is 1. The highest BCUT2D eigenvalue weighted by Gasteiger charge is 2.05. The Balaban J connectivity index is 1.96. The molecule has 15 heavy (non-hydrogen) atoms. The van der Waals surface area contributed by atoms with Gasteiger partial charge in [0.05, 0.1) is 0 Å². The minimum atomic E-state index is -0.241. The number of amides is 1. The summed E-state index contributed by atoms with van der Waals surface area (Å²) in [4.78, 5) is 15.2. The van der Waals surface area contributed by atoms with E-state index < -0.39 is 0 Å². The summed E-state index contributed by atoms with van der Waals surface area (Å²) in [6, 6.07) is 0. The van der Waals surface area contributed by atoms with Gasteiger partial charge in [-0.1, -0.05) is 0 Å². The Hall–Kier alpha value is -1.89. The summed E-state index contributed by atoms with van der Waals surface area (Å²) < 4.78 is 2.87. The van der Waals surface area contributed by atoms with Crippen LogP contribution >= 0.6 is 11.6 Å². The van der Waals surface area contributed by atoms with E-state index in [1.165, 1.54) is 28.1 Å². The molecular formula is C7H7ClN6O. The predicted octanol–water partition coefficient (Wildman–Crippen LogP) is -0.102. The van der Waals surface area contributed by atoms with Gasteiger partial charge < -0.3 is 4.57 Å². The van der Waals surface area contributed by atoms with Crippen LogP contribution in [0.2, 0.25) is 5.28 Å². The van der Waals surface area contributed by atoms with Crippen LogP contribution in [0.1, 0.15) is 0 Å². The first-order valence-electron chi connectivity index (χ1n) is 4.07. The number of carbonyl (C=O) groups excluding carboxylic acids is 1. The molecule has 1 N–H and O–H groups in total. The van der Waals surface area contributed by atoms with E-state index in [-0.39, 0.29) is 17.7 Å². The van der Waals surface area contributed by atoms with Gasteiger partial charge in [-0.3, -0.25) is 10.2 Å². The third kappa shape index (κ3) is 2.32. The van der Waals surface area contributed by atoms with Crippen molar-refractivity contribution in [2.45, 2.75) is 6.54 Å². The van der Waals surface area contributed by atoms with E-state index in [1.807, 2.05) is 0 Å². The van der Waals surface area contributed by atoms with Crippen molar-refractivity contribution in [3.8, 4) is 0 Å². The summed E-state index contributed by atoms with van der Waals surface area (Å²) in [7, 11) is 0. The zero-order chi connectivity index (χ0) is 10.7. The van der Waals surface area contributed by atoms with Gasteiger partial charge in [-0.2, -0.15) is 0 Å². The number of imidazole rings is 1. The number of rotatable bonds is 3. The average Bonchev–Trinajstić information content (AvgIpc) is 2.79. The largest absolute Gasteiger partial charge is 0.312 e. The smallest absolute Gasteiger partial charge is 0.258 e. The third-order valence-electron chi connectivity index (χ3n) is 1.65. The predicted molar refractivity (Wildman–Crippen MR) is 51.6 cm³/mol. The molecule has 0 radical (unpaired) electrons. The van der Waals surface area contributed by atoms with Crippen LogP contribution < -0.4 is 5.43 Å². The maximum absolute atomic E-state index is 11.4. The number of hydrogen-bond acceptors (Lipinski definition) is 4. The average molecular weight is 227 g/mol. The number of carbonyl (C=O) groups is 1. The fourth-order valence-corrected chi connectivity index (χ4v) is 1.19. The number of aromatic nitrogens is 5. The Kier molecular flexibility index (Phi) is 2.64. The lowest BCUT2D eigenvalue weighted by Crippen LogP contribution is -2.25. The van der Waals surface area contributed by atoms with Gasteiger partial charge in [0, 0.05) is 12.4 Å². The molecule has 2 heterocycles. The Bertz CT molecular complexity index is 450. The Morgan fingerprint density at radius 2 is 2.20 bits per heavy atom. The van der Waals surface area contributed by atoms with Crippen LogP contribution in [0.15, 0.2) is 25.0 Å². The van der Waals surface area contributed by atoms with Crippen molar-refractivity contribution in [3.63, 3.8) is 0 Å². The van der Waals surface area contributed by atoms with Gasteiger partial charge in [0.15, 0.2) is 0 Å². The van der Waals surface area contributed by atoms with Crippen molar-refractivity contribution in [1.82, 2.24) is 24.4 Å². The molecule has 1 amide bonds. The standard InChI is InChI=1S/C7H7ClN6O/c8-7-9-1-2-13(7)3-6(15)12-14-4-10-11-5-14/h1-2,4-5H,3H2,(H,12,15). The highest BCUT2D eigenvalue weighted by atomic mass is 35.5. The van der Waals surface area contributed by atoms with Gasteiger partial charge >= 0.3 is 0 Å². The second kappa shape index (κ2) is 4.09. The Morgan fingerprint density at radius 1 is 1.47 bits per heavy atom. The van der Waals surface area contributed by atoms with E-state index in [1.54, 1.807) is 6.20 Å². The van der Waals surface area contributed by atoms with Crippen LogP contribution in [0.25, 0.3) is 0 Å². The fraction of sp³-hybridized carbons (Fsp3) is 0.143. The van der Waals surface area contributed by atoms with E-state index in [4.69, 9.17) is 11.6 Å². The Labute approximate surface area is 89.7 Å². The monoisotopic (exact) mass is 226 g/mol. The molecule has 0 aliphatic rings. The van der Waals surface area contributed by atoms with Crippen LogP contribution in [-0.2, 0) is 11.3 Å². The number of hydrogen-bond donors (Lipinski definition) is 1. The summed E-state index contributed by atoms with van der Waals surface area (Å²) in [5, 5.41) is 7.36. The molecule has 0 atom stereocenters. The molecule has 78 valence electrons. The molecule has 0 bridgehead atoms. The van der Waals surface area contributed by atoms with Gasteiger partial charge in [-0.25, -0.2) is 9.66 Å². The van der Waals surface area contributed by atoms with Gasteiger partial charge in [0.25, 0.3) is 5.91 Å². The molecule has 2 rings (SSSR count). The summed E-state index contributed by atoms with van der Waals surface area (Å²) in [5.41, 5.74) is 2.53. The lowest BCUT2D eigenvalue weighted by molar-refractivity contribution is -0.117. The third-order valence-corrected chi connectivity index (χ3v) is 1.97. The highest BCUT2D eigenvalue weighted by Crippen LogP contribution is 2.03. The molecule has 7 nitrogen and oxygen atoms in total. The summed E-state index contributed by atoms with van der Waals surface area (Å²) in [6.45, 7) is 0.0943. The van der Waals surface area contributed by atoms with Crippen LogP contribution in [0.3, 0.4) is 0 Å². The van der Waals surface area contributed by atoms with Crippen molar-refractivity contribution in [2.24, 2.45) is 0 Å². The maximum atomic E-state index is 11.4. The van der Waals surface area contributed by atoms with Crippen LogP contribution in [0.4, 0.5) is 0 Å².